The molecule has 0 unspecified atom stereocenters. The minimum Gasteiger partial charge on any atom is -0.465 e. The van der Waals surface area contributed by atoms with Crippen molar-refractivity contribution in [3.63, 3.8) is 0 Å². The SMILES string of the molecule is Cc1nc(Nc2ncc(C(=O)Nc3c(C)cccc3Cl)s2)cc(N2CCN(CCOCCOCCNC(=O)c3c(C(=O)N4CCN(C(=O)[C@@H](NC(=O)[C@H](C)N(C)C(=O)O)C5CCCCC5)CC4)n(C)c4cc(F)c(F)cc34)CC2)n1. The Labute approximate surface area is 471 Å². The number of carboxylic acid groups (broad SMARTS) is 1. The van der Waals surface area contributed by atoms with Crippen molar-refractivity contribution in [3.05, 3.63) is 86.8 Å². The van der Waals surface area contributed by atoms with E-state index in [1.54, 1.807) is 11.0 Å². The molecule has 3 aromatic heterocycles. The van der Waals surface area contributed by atoms with Gasteiger partial charge < -0.3 is 55.1 Å². The smallest absolute Gasteiger partial charge is 0.407 e. The van der Waals surface area contributed by atoms with Gasteiger partial charge in [-0.25, -0.2) is 28.5 Å². The van der Waals surface area contributed by atoms with Gasteiger partial charge in [0, 0.05) is 97.1 Å². The van der Waals surface area contributed by atoms with Crippen molar-refractivity contribution in [1.82, 2.24) is 49.8 Å². The fraction of sp³-hybridized carbons (Fsp3) is 0.500. The number of hydrogen-bond acceptors (Lipinski definition) is 15. The number of para-hydroxylation sites is 1. The number of thiazole rings is 1. The summed E-state index contributed by atoms with van der Waals surface area (Å²) in [6, 6.07) is 7.21. The Morgan fingerprint density at radius 3 is 2.26 bits per heavy atom. The van der Waals surface area contributed by atoms with Crippen molar-refractivity contribution < 1.29 is 52.1 Å². The highest BCUT2D eigenvalue weighted by Gasteiger charge is 2.38. The predicted octanol–water partition coefficient (Wildman–Crippen LogP) is 5.90. The number of anilines is 4. The van der Waals surface area contributed by atoms with Gasteiger partial charge in [0.15, 0.2) is 16.8 Å². The summed E-state index contributed by atoms with van der Waals surface area (Å²) in [7, 11) is 2.79. The third kappa shape index (κ3) is 14.3. The first-order chi connectivity index (χ1) is 38.4. The van der Waals surface area contributed by atoms with Crippen molar-refractivity contribution in [1.29, 1.82) is 0 Å². The minimum absolute atomic E-state index is 0.0423. The predicted molar refractivity (Wildman–Crippen MR) is 298 cm³/mol. The summed E-state index contributed by atoms with van der Waals surface area (Å²) in [4.78, 5) is 103. The number of aryl methyl sites for hydroxylation is 3. The average Bonchev–Trinajstić information content (AvgIpc) is 4.17. The van der Waals surface area contributed by atoms with Crippen LogP contribution in [0.15, 0.2) is 42.6 Å². The van der Waals surface area contributed by atoms with Gasteiger partial charge in [-0.15, -0.1) is 0 Å². The Hall–Kier alpha value is -7.06. The molecule has 2 aromatic carbocycles. The van der Waals surface area contributed by atoms with Crippen molar-refractivity contribution in [3.8, 4) is 0 Å². The monoisotopic (exact) mass is 1150 g/mol. The Morgan fingerprint density at radius 2 is 1.56 bits per heavy atom. The molecule has 5 aromatic rings. The third-order valence-corrected chi connectivity index (χ3v) is 16.1. The number of halogens is 3. The van der Waals surface area contributed by atoms with Gasteiger partial charge in [0.25, 0.3) is 17.7 Å². The molecular formula is C54H68ClF2N13O9S. The number of rotatable bonds is 21. The van der Waals surface area contributed by atoms with Crippen LogP contribution in [0.25, 0.3) is 10.9 Å². The van der Waals surface area contributed by atoms with Gasteiger partial charge >= 0.3 is 6.09 Å². The average molecular weight is 1150 g/mol. The number of aromatic nitrogens is 4. The van der Waals surface area contributed by atoms with Crippen LogP contribution in [-0.4, -0.2) is 191 Å². The fourth-order valence-corrected chi connectivity index (χ4v) is 11.2. The first-order valence-electron chi connectivity index (χ1n) is 26.8. The van der Waals surface area contributed by atoms with E-state index in [0.717, 1.165) is 86.7 Å². The van der Waals surface area contributed by atoms with Gasteiger partial charge in [0.1, 0.15) is 40.1 Å². The molecule has 430 valence electrons. The summed E-state index contributed by atoms with van der Waals surface area (Å²) in [5.41, 5.74) is 1.34. The van der Waals surface area contributed by atoms with Crippen LogP contribution in [-0.2, 0) is 26.1 Å². The molecule has 2 atom stereocenters. The van der Waals surface area contributed by atoms with E-state index < -0.39 is 47.5 Å². The molecule has 1 saturated carbocycles. The summed E-state index contributed by atoms with van der Waals surface area (Å²) in [5.74, 6) is -3.03. The first kappa shape index (κ1) is 59.1. The Morgan fingerprint density at radius 1 is 0.875 bits per heavy atom. The van der Waals surface area contributed by atoms with Gasteiger partial charge in [0.2, 0.25) is 11.8 Å². The molecule has 6 amide bonds. The summed E-state index contributed by atoms with van der Waals surface area (Å²) >= 11 is 7.50. The minimum atomic E-state index is -1.28. The fourth-order valence-electron chi connectivity index (χ4n) is 10.2. The Bertz CT molecular complexity index is 3050. The van der Waals surface area contributed by atoms with Gasteiger partial charge in [-0.3, -0.25) is 33.8 Å². The summed E-state index contributed by atoms with van der Waals surface area (Å²) in [5, 5.41) is 22.1. The lowest BCUT2D eigenvalue weighted by molar-refractivity contribution is -0.140. The first-order valence-corrected chi connectivity index (χ1v) is 28.0. The Balaban J connectivity index is 0.766. The highest BCUT2D eigenvalue weighted by Crippen LogP contribution is 2.32. The molecule has 2 saturated heterocycles. The maximum absolute atomic E-state index is 14.8. The van der Waals surface area contributed by atoms with Crippen LogP contribution >= 0.6 is 22.9 Å². The van der Waals surface area contributed by atoms with E-state index in [1.165, 1.54) is 48.0 Å². The zero-order chi connectivity index (χ0) is 57.2. The number of fused-ring (bicyclic) bond motifs is 1. The molecule has 80 heavy (non-hydrogen) atoms. The normalized spacial score (nSPS) is 16.1. The van der Waals surface area contributed by atoms with Crippen LogP contribution < -0.4 is 26.2 Å². The van der Waals surface area contributed by atoms with Crippen LogP contribution in [0.5, 0.6) is 0 Å². The van der Waals surface area contributed by atoms with Crippen molar-refractivity contribution >= 4 is 91.9 Å². The molecule has 22 nitrogen and oxygen atoms in total. The second-order valence-corrected chi connectivity index (χ2v) is 21.6. The zero-order valence-electron chi connectivity index (χ0n) is 45.5. The highest BCUT2D eigenvalue weighted by molar-refractivity contribution is 7.17. The van der Waals surface area contributed by atoms with Crippen LogP contribution in [0.4, 0.5) is 36.0 Å². The zero-order valence-corrected chi connectivity index (χ0v) is 47.1. The van der Waals surface area contributed by atoms with Gasteiger partial charge in [0.05, 0.1) is 54.4 Å². The number of likely N-dealkylation sites (N-methyl/N-ethyl adjacent to an activating group) is 1. The lowest BCUT2D eigenvalue weighted by atomic mass is 9.83. The summed E-state index contributed by atoms with van der Waals surface area (Å²) in [6.07, 6.45) is 4.46. The summed E-state index contributed by atoms with van der Waals surface area (Å²) < 4.78 is 42.4. The molecule has 0 bridgehead atoms. The van der Waals surface area contributed by atoms with E-state index in [-0.39, 0.29) is 85.8 Å². The van der Waals surface area contributed by atoms with E-state index in [9.17, 15) is 42.7 Å². The summed E-state index contributed by atoms with van der Waals surface area (Å²) in [6.45, 7) is 10.4. The Kier molecular flexibility index (Phi) is 19.9. The number of nitrogens with zero attached hydrogens (tertiary/aromatic N) is 9. The van der Waals surface area contributed by atoms with Crippen molar-refractivity contribution in [2.24, 2.45) is 13.0 Å². The van der Waals surface area contributed by atoms with Gasteiger partial charge in [-0.05, 0) is 57.2 Å². The number of ether oxygens (including phenoxy) is 2. The lowest BCUT2D eigenvalue weighted by Gasteiger charge is -2.39. The van der Waals surface area contributed by atoms with E-state index in [4.69, 9.17) is 21.1 Å². The van der Waals surface area contributed by atoms with Crippen molar-refractivity contribution in [2.75, 3.05) is 114 Å². The van der Waals surface area contributed by atoms with E-state index in [1.807, 2.05) is 32.0 Å². The second kappa shape index (κ2) is 26.9. The number of carbonyl (C=O) groups is 6. The molecule has 0 radical (unpaired) electrons. The number of amides is 6. The van der Waals surface area contributed by atoms with Crippen LogP contribution in [0.3, 0.4) is 0 Å². The lowest BCUT2D eigenvalue weighted by Crippen LogP contribution is -2.59. The molecule has 3 fully saturated rings. The molecular weight excluding hydrogens is 1080 g/mol. The van der Waals surface area contributed by atoms with Crippen LogP contribution in [0.1, 0.15) is 80.9 Å². The standard InChI is InChI=1S/C54H68ClF2N13O9S/c1-32-10-9-13-37(55)45(32)63-49(72)41-31-59-53(80-41)62-42-30-43(61-34(3)60-42)68-17-15-67(16-18-68)23-25-79-27-26-78-24-14-58-50(73)44-36-28-38(56)39(57)29-40(36)66(5)47(44)52(75)70-21-19-69(20-22-70)51(74)46(35-11-7-6-8-12-35)64-48(71)33(2)65(4)54(76)77/h9-10,13,28-31,33,35,46H,6-8,11-12,14-27H2,1-5H3,(H,58,73)(H,63,72)(H,64,71)(H,76,77)(H,59,60,61,62)/t33-,46-/m0/s1. The van der Waals surface area contributed by atoms with E-state index in [0.29, 0.717) is 52.1 Å². The van der Waals surface area contributed by atoms with Crippen LogP contribution in [0.2, 0.25) is 5.02 Å². The molecule has 5 N–H and O–H groups in total. The topological polar surface area (TPSA) is 249 Å². The molecule has 0 spiro atoms. The van der Waals surface area contributed by atoms with Gasteiger partial charge in [-0.2, -0.15) is 0 Å². The molecule has 2 aliphatic heterocycles. The molecule has 1 aliphatic carbocycles. The van der Waals surface area contributed by atoms with Gasteiger partial charge in [-0.1, -0.05) is 54.3 Å². The number of piperazine rings is 2. The highest BCUT2D eigenvalue weighted by atomic mass is 35.5. The molecule has 5 heterocycles. The molecule has 3 aliphatic rings. The molecule has 26 heteroatoms. The number of carbonyl (C=O) groups excluding carboxylic acids is 5. The number of hydrogen-bond donors (Lipinski definition) is 5. The third-order valence-electron chi connectivity index (χ3n) is 14.9. The largest absolute Gasteiger partial charge is 0.465 e. The number of benzene rings is 2. The van der Waals surface area contributed by atoms with E-state index in [2.05, 4.69) is 46.0 Å². The quantitative estimate of drug-likeness (QED) is 0.0537. The number of nitrogens with one attached hydrogen (secondary N) is 4. The van der Waals surface area contributed by atoms with Crippen molar-refractivity contribution in [2.45, 2.75) is 65.0 Å². The van der Waals surface area contributed by atoms with Crippen LogP contribution in [0, 0.1) is 31.4 Å². The second-order valence-electron chi connectivity index (χ2n) is 20.1. The van der Waals surface area contributed by atoms with E-state index >= 15 is 0 Å². The maximum Gasteiger partial charge on any atom is 0.407 e. The molecule has 8 rings (SSSR count). The maximum atomic E-state index is 14.8.